The first-order valence-corrected chi connectivity index (χ1v) is 7.84. The Morgan fingerprint density at radius 1 is 1.50 bits per heavy atom. The molecule has 108 valence electrons. The normalized spacial score (nSPS) is 20.1. The van der Waals surface area contributed by atoms with Gasteiger partial charge in [-0.1, -0.05) is 35.1 Å². The van der Waals surface area contributed by atoms with E-state index in [0.717, 1.165) is 30.9 Å². The van der Waals surface area contributed by atoms with E-state index in [1.807, 2.05) is 13.8 Å². The van der Waals surface area contributed by atoms with Gasteiger partial charge in [0.05, 0.1) is 6.04 Å². The third-order valence-corrected chi connectivity index (χ3v) is 4.46. The van der Waals surface area contributed by atoms with E-state index in [2.05, 4.69) is 24.6 Å². The van der Waals surface area contributed by atoms with Crippen molar-refractivity contribution in [2.75, 3.05) is 6.54 Å². The van der Waals surface area contributed by atoms with Crippen LogP contribution in [0.15, 0.2) is 4.52 Å². The molecule has 8 heteroatoms. The second-order valence-electron chi connectivity index (χ2n) is 5.27. The fraction of sp³-hybridized carbons (Fsp3) is 0.667. The Bertz CT molecular complexity index is 584. The van der Waals surface area contributed by atoms with Gasteiger partial charge in [0.25, 0.3) is 0 Å². The van der Waals surface area contributed by atoms with E-state index in [-0.39, 0.29) is 12.0 Å². The van der Waals surface area contributed by atoms with Crippen molar-refractivity contribution in [1.29, 1.82) is 0 Å². The molecule has 2 aromatic rings. The van der Waals surface area contributed by atoms with Crippen molar-refractivity contribution in [2.24, 2.45) is 0 Å². The summed E-state index contributed by atoms with van der Waals surface area (Å²) in [5.74, 6) is 1.72. The lowest BCUT2D eigenvalue weighted by molar-refractivity contribution is 0.231. The molecule has 20 heavy (non-hydrogen) atoms. The van der Waals surface area contributed by atoms with Gasteiger partial charge in [-0.3, -0.25) is 4.90 Å². The number of hydrogen-bond donors (Lipinski definition) is 0. The van der Waals surface area contributed by atoms with Crippen LogP contribution in [0.25, 0.3) is 0 Å². The third-order valence-electron chi connectivity index (χ3n) is 3.48. The summed E-state index contributed by atoms with van der Waals surface area (Å²) in [4.78, 5) is 6.80. The first kappa shape index (κ1) is 13.9. The molecular weight excluding hydrogens is 298 g/mol. The van der Waals surface area contributed by atoms with Crippen molar-refractivity contribution in [3.05, 3.63) is 21.7 Å². The molecular formula is C12H16ClN5OS. The summed E-state index contributed by atoms with van der Waals surface area (Å²) in [7, 11) is 0. The van der Waals surface area contributed by atoms with E-state index in [9.17, 15) is 0 Å². The average Bonchev–Trinajstić information content (AvgIpc) is 3.11. The highest BCUT2D eigenvalue weighted by Gasteiger charge is 2.31. The maximum absolute atomic E-state index is 6.07. The summed E-state index contributed by atoms with van der Waals surface area (Å²) in [5.41, 5.74) is 0.830. The van der Waals surface area contributed by atoms with E-state index in [1.54, 1.807) is 0 Å². The van der Waals surface area contributed by atoms with Crippen molar-refractivity contribution in [3.8, 4) is 0 Å². The molecule has 0 N–H and O–H groups in total. The molecule has 1 aliphatic heterocycles. The van der Waals surface area contributed by atoms with Crippen molar-refractivity contribution in [1.82, 2.24) is 24.6 Å². The van der Waals surface area contributed by atoms with Gasteiger partial charge < -0.3 is 4.52 Å². The van der Waals surface area contributed by atoms with Gasteiger partial charge in [-0.05, 0) is 19.4 Å². The van der Waals surface area contributed by atoms with Gasteiger partial charge in [-0.2, -0.15) is 4.98 Å². The average molecular weight is 314 g/mol. The maximum Gasteiger partial charge on any atom is 0.229 e. The molecule has 0 radical (unpaired) electrons. The summed E-state index contributed by atoms with van der Waals surface area (Å²) < 4.78 is 9.84. The molecule has 1 fully saturated rings. The lowest BCUT2D eigenvalue weighted by Gasteiger charge is -2.20. The fourth-order valence-electron chi connectivity index (χ4n) is 2.41. The molecule has 0 spiro atoms. The Kier molecular flexibility index (Phi) is 4.00. The van der Waals surface area contributed by atoms with Gasteiger partial charge in [-0.25, -0.2) is 0 Å². The zero-order valence-electron chi connectivity index (χ0n) is 11.4. The molecule has 1 aliphatic rings. The molecule has 1 saturated heterocycles. The van der Waals surface area contributed by atoms with Crippen molar-refractivity contribution >= 4 is 23.1 Å². The minimum absolute atomic E-state index is 0.184. The second-order valence-corrected chi connectivity index (χ2v) is 6.62. The SMILES string of the molecule is CC(C)c1nc(C2CCCN2Cc2nnsc2Cl)no1. The Labute approximate surface area is 126 Å². The van der Waals surface area contributed by atoms with Gasteiger partial charge in [0.15, 0.2) is 5.82 Å². The second kappa shape index (κ2) is 5.75. The van der Waals surface area contributed by atoms with Crippen LogP contribution in [0.2, 0.25) is 4.34 Å². The summed E-state index contributed by atoms with van der Waals surface area (Å²) in [6.07, 6.45) is 2.15. The van der Waals surface area contributed by atoms with E-state index in [1.165, 1.54) is 11.5 Å². The highest BCUT2D eigenvalue weighted by molar-refractivity contribution is 7.10. The van der Waals surface area contributed by atoms with E-state index in [4.69, 9.17) is 16.1 Å². The number of hydrogen-bond acceptors (Lipinski definition) is 7. The molecule has 1 unspecified atom stereocenters. The van der Waals surface area contributed by atoms with Crippen LogP contribution in [-0.2, 0) is 6.54 Å². The lowest BCUT2D eigenvalue weighted by atomic mass is 10.2. The van der Waals surface area contributed by atoms with Crippen LogP contribution < -0.4 is 0 Å². The number of nitrogens with zero attached hydrogens (tertiary/aromatic N) is 5. The highest BCUT2D eigenvalue weighted by atomic mass is 35.5. The molecule has 3 rings (SSSR count). The first-order chi connectivity index (χ1) is 9.65. The van der Waals surface area contributed by atoms with Crippen molar-refractivity contribution < 1.29 is 4.52 Å². The van der Waals surface area contributed by atoms with Gasteiger partial charge in [-0.15, -0.1) is 5.10 Å². The quantitative estimate of drug-likeness (QED) is 0.864. The Hall–Kier alpha value is -1.05. The maximum atomic E-state index is 6.07. The lowest BCUT2D eigenvalue weighted by Crippen LogP contribution is -2.24. The fourth-order valence-corrected chi connectivity index (χ4v) is 3.02. The van der Waals surface area contributed by atoms with E-state index < -0.39 is 0 Å². The minimum atomic E-state index is 0.184. The Morgan fingerprint density at radius 3 is 3.00 bits per heavy atom. The molecule has 0 aliphatic carbocycles. The van der Waals surface area contributed by atoms with Gasteiger partial charge in [0.2, 0.25) is 5.89 Å². The molecule has 3 heterocycles. The van der Waals surface area contributed by atoms with Crippen molar-refractivity contribution in [2.45, 2.75) is 45.2 Å². The number of aromatic nitrogens is 4. The topological polar surface area (TPSA) is 67.9 Å². The van der Waals surface area contributed by atoms with Gasteiger partial charge in [0, 0.05) is 24.0 Å². The Balaban J connectivity index is 1.76. The molecule has 1 atom stereocenters. The van der Waals surface area contributed by atoms with Crippen LogP contribution in [0, 0.1) is 0 Å². The van der Waals surface area contributed by atoms with Crippen LogP contribution in [0.4, 0.5) is 0 Å². The van der Waals surface area contributed by atoms with Crippen LogP contribution in [0.1, 0.15) is 56.1 Å². The summed E-state index contributed by atoms with van der Waals surface area (Å²) in [5, 5.41) is 8.20. The number of halogens is 1. The zero-order valence-corrected chi connectivity index (χ0v) is 13.0. The monoisotopic (exact) mass is 313 g/mol. The van der Waals surface area contributed by atoms with Crippen LogP contribution in [0.3, 0.4) is 0 Å². The standard InChI is InChI=1S/C12H16ClN5OS/c1-7(2)12-14-11(16-19-12)9-4-3-5-18(9)6-8-10(13)20-17-15-8/h7,9H,3-6H2,1-2H3. The van der Waals surface area contributed by atoms with Gasteiger partial charge in [0.1, 0.15) is 10.0 Å². The number of likely N-dealkylation sites (tertiary alicyclic amines) is 1. The molecule has 0 aromatic carbocycles. The molecule has 0 amide bonds. The molecule has 6 nitrogen and oxygen atoms in total. The van der Waals surface area contributed by atoms with E-state index >= 15 is 0 Å². The molecule has 0 bridgehead atoms. The summed E-state index contributed by atoms with van der Waals surface area (Å²) in [6, 6.07) is 0.184. The van der Waals surface area contributed by atoms with Gasteiger partial charge >= 0.3 is 0 Å². The van der Waals surface area contributed by atoms with Crippen molar-refractivity contribution in [3.63, 3.8) is 0 Å². The Morgan fingerprint density at radius 2 is 2.35 bits per heavy atom. The third kappa shape index (κ3) is 2.70. The predicted octanol–water partition coefficient (Wildman–Crippen LogP) is 3.04. The zero-order chi connectivity index (χ0) is 14.1. The largest absolute Gasteiger partial charge is 0.339 e. The predicted molar refractivity (Wildman–Crippen MR) is 75.7 cm³/mol. The number of rotatable bonds is 4. The van der Waals surface area contributed by atoms with E-state index in [0.29, 0.717) is 16.8 Å². The smallest absolute Gasteiger partial charge is 0.229 e. The van der Waals surface area contributed by atoms with Crippen LogP contribution in [0.5, 0.6) is 0 Å². The minimum Gasteiger partial charge on any atom is -0.339 e. The summed E-state index contributed by atoms with van der Waals surface area (Å²) >= 11 is 7.30. The van der Waals surface area contributed by atoms with Crippen LogP contribution >= 0.6 is 23.1 Å². The molecule has 2 aromatic heterocycles. The van der Waals surface area contributed by atoms with Crippen LogP contribution in [-0.4, -0.2) is 31.2 Å². The summed E-state index contributed by atoms with van der Waals surface area (Å²) in [6.45, 7) is 5.77. The highest BCUT2D eigenvalue weighted by Crippen LogP contribution is 2.33. The first-order valence-electron chi connectivity index (χ1n) is 6.69. The molecule has 0 saturated carbocycles.